The summed E-state index contributed by atoms with van der Waals surface area (Å²) in [6.07, 6.45) is 0.658. The minimum absolute atomic E-state index is 0.0704. The van der Waals surface area contributed by atoms with Gasteiger partial charge in [-0.3, -0.25) is 4.79 Å². The van der Waals surface area contributed by atoms with E-state index in [0.29, 0.717) is 0 Å². The first-order valence-corrected chi connectivity index (χ1v) is 8.53. The summed E-state index contributed by atoms with van der Waals surface area (Å²) in [5.41, 5.74) is -0.811. The number of carbonyl (C=O) groups is 1. The second kappa shape index (κ2) is 5.05. The van der Waals surface area contributed by atoms with Crippen LogP contribution in [0.2, 0.25) is 19.6 Å². The maximum atomic E-state index is 11.8. The van der Waals surface area contributed by atoms with E-state index in [2.05, 4.69) is 6.58 Å². The number of ketones is 1. The van der Waals surface area contributed by atoms with Gasteiger partial charge in [-0.15, -0.1) is 6.58 Å². The van der Waals surface area contributed by atoms with Crippen LogP contribution in [0.4, 0.5) is 0 Å². The molecule has 0 aliphatic rings. The van der Waals surface area contributed by atoms with E-state index in [-0.39, 0.29) is 12.2 Å². The molecule has 0 rings (SSSR count). The van der Waals surface area contributed by atoms with Crippen LogP contribution in [-0.4, -0.2) is 30.9 Å². The quantitative estimate of drug-likeness (QED) is 0.561. The fraction of sp³-hybridized carbons (Fsp3) is 0.727. The van der Waals surface area contributed by atoms with Gasteiger partial charge < -0.3 is 9.53 Å². The zero-order valence-electron chi connectivity index (χ0n) is 10.3. The van der Waals surface area contributed by atoms with Gasteiger partial charge in [-0.25, -0.2) is 0 Å². The van der Waals surface area contributed by atoms with Gasteiger partial charge in [0, 0.05) is 6.42 Å². The second-order valence-corrected chi connectivity index (χ2v) is 9.58. The zero-order valence-corrected chi connectivity index (χ0v) is 11.3. The van der Waals surface area contributed by atoms with Gasteiger partial charge in [-0.05, 0) is 33.5 Å². The van der Waals surface area contributed by atoms with Crippen LogP contribution in [0.5, 0.6) is 0 Å². The van der Waals surface area contributed by atoms with Gasteiger partial charge in [0.15, 0.2) is 14.1 Å². The minimum Gasteiger partial charge on any atom is -0.406 e. The van der Waals surface area contributed by atoms with Gasteiger partial charge in [0.05, 0.1) is 6.10 Å². The summed E-state index contributed by atoms with van der Waals surface area (Å²) >= 11 is 0. The number of rotatable bonds is 6. The molecule has 1 unspecified atom stereocenters. The molecule has 88 valence electrons. The Bertz CT molecular complexity index is 241. The summed E-state index contributed by atoms with van der Waals surface area (Å²) in [5, 5.41) is 9.31. The normalized spacial score (nSPS) is 14.8. The smallest absolute Gasteiger partial charge is 0.185 e. The molecule has 0 radical (unpaired) electrons. The third-order valence-electron chi connectivity index (χ3n) is 1.90. The molecule has 0 heterocycles. The van der Waals surface area contributed by atoms with Crippen molar-refractivity contribution >= 4 is 14.1 Å². The lowest BCUT2D eigenvalue weighted by atomic mass is 9.99. The Morgan fingerprint density at radius 3 is 2.33 bits per heavy atom. The number of aliphatic hydroxyl groups excluding tert-OH is 1. The Hall–Kier alpha value is -0.453. The third-order valence-corrected chi connectivity index (χ3v) is 3.02. The van der Waals surface area contributed by atoms with E-state index in [1.807, 2.05) is 19.6 Å². The molecule has 4 heteroatoms. The molecule has 3 nitrogen and oxygen atoms in total. The van der Waals surface area contributed by atoms with Crippen molar-refractivity contribution in [1.29, 1.82) is 0 Å². The third kappa shape index (κ3) is 5.87. The molecule has 0 saturated heterocycles. The SMILES string of the molecule is C=CC(O)CC(=O)C(C)(C)O[Si](C)(C)C. The summed E-state index contributed by atoms with van der Waals surface area (Å²) in [5.74, 6) is -0.0858. The van der Waals surface area contributed by atoms with Crippen molar-refractivity contribution in [3.63, 3.8) is 0 Å². The van der Waals surface area contributed by atoms with E-state index in [4.69, 9.17) is 4.43 Å². The number of hydrogen-bond donors (Lipinski definition) is 1. The molecule has 1 atom stereocenters. The highest BCUT2D eigenvalue weighted by Gasteiger charge is 2.34. The van der Waals surface area contributed by atoms with E-state index < -0.39 is 20.0 Å². The predicted octanol–water partition coefficient (Wildman–Crippen LogP) is 2.12. The molecule has 0 aliphatic carbocycles. The predicted molar refractivity (Wildman–Crippen MR) is 64.3 cm³/mol. The fourth-order valence-corrected chi connectivity index (χ4v) is 2.99. The van der Waals surface area contributed by atoms with E-state index in [1.54, 1.807) is 13.8 Å². The Labute approximate surface area is 93.3 Å². The van der Waals surface area contributed by atoms with Crippen LogP contribution in [0.15, 0.2) is 12.7 Å². The van der Waals surface area contributed by atoms with Gasteiger partial charge in [0.2, 0.25) is 0 Å². The first-order valence-electron chi connectivity index (χ1n) is 5.12. The molecule has 0 fully saturated rings. The molecule has 15 heavy (non-hydrogen) atoms. The van der Waals surface area contributed by atoms with Crippen LogP contribution in [0, 0.1) is 0 Å². The molecular weight excluding hydrogens is 208 g/mol. The Morgan fingerprint density at radius 1 is 1.53 bits per heavy atom. The first kappa shape index (κ1) is 14.5. The summed E-state index contributed by atoms with van der Waals surface area (Å²) in [4.78, 5) is 11.8. The van der Waals surface area contributed by atoms with Crippen molar-refractivity contribution in [2.75, 3.05) is 0 Å². The average Bonchev–Trinajstić information content (AvgIpc) is 1.99. The average molecular weight is 230 g/mol. The maximum Gasteiger partial charge on any atom is 0.185 e. The number of carbonyl (C=O) groups excluding carboxylic acids is 1. The molecule has 0 aliphatic heterocycles. The molecule has 1 N–H and O–H groups in total. The minimum atomic E-state index is -1.74. The zero-order chi connectivity index (χ0) is 12.3. The topological polar surface area (TPSA) is 46.5 Å². The van der Waals surface area contributed by atoms with Gasteiger partial charge in [-0.1, -0.05) is 6.08 Å². The maximum absolute atomic E-state index is 11.8. The van der Waals surface area contributed by atoms with Crippen LogP contribution < -0.4 is 0 Å². The molecule has 0 saturated carbocycles. The molecule has 0 aromatic rings. The van der Waals surface area contributed by atoms with Gasteiger partial charge >= 0.3 is 0 Å². The van der Waals surface area contributed by atoms with Crippen molar-refractivity contribution < 1.29 is 14.3 Å². The standard InChI is InChI=1S/C11H22O3Si/c1-7-9(12)8-10(13)11(2,3)14-15(4,5)6/h7,9,12H,1,8H2,2-6H3. The van der Waals surface area contributed by atoms with Crippen molar-refractivity contribution in [3.05, 3.63) is 12.7 Å². The van der Waals surface area contributed by atoms with Crippen LogP contribution >= 0.6 is 0 Å². The van der Waals surface area contributed by atoms with Crippen molar-refractivity contribution in [2.45, 2.75) is 51.6 Å². The van der Waals surface area contributed by atoms with Crippen LogP contribution in [0.1, 0.15) is 20.3 Å². The molecule has 0 aromatic carbocycles. The van der Waals surface area contributed by atoms with E-state index in [9.17, 15) is 9.90 Å². The number of Topliss-reactive ketones (excluding diaryl/α,β-unsaturated/α-hetero) is 1. The van der Waals surface area contributed by atoms with Crippen LogP contribution in [0.3, 0.4) is 0 Å². The Kier molecular flexibility index (Phi) is 4.90. The van der Waals surface area contributed by atoms with E-state index >= 15 is 0 Å². The van der Waals surface area contributed by atoms with E-state index in [0.717, 1.165) is 0 Å². The lowest BCUT2D eigenvalue weighted by Crippen LogP contribution is -2.45. The van der Waals surface area contributed by atoms with Gasteiger partial charge in [0.1, 0.15) is 5.60 Å². The number of aliphatic hydroxyl groups is 1. The van der Waals surface area contributed by atoms with Gasteiger partial charge in [-0.2, -0.15) is 0 Å². The first-order chi connectivity index (χ1) is 6.58. The van der Waals surface area contributed by atoms with Crippen molar-refractivity contribution in [2.24, 2.45) is 0 Å². The molecule has 0 bridgehead atoms. The van der Waals surface area contributed by atoms with Crippen LogP contribution in [-0.2, 0) is 9.22 Å². The monoisotopic (exact) mass is 230 g/mol. The highest BCUT2D eigenvalue weighted by atomic mass is 28.4. The highest BCUT2D eigenvalue weighted by molar-refractivity contribution is 6.70. The van der Waals surface area contributed by atoms with Crippen LogP contribution in [0.25, 0.3) is 0 Å². The second-order valence-electron chi connectivity index (χ2n) is 5.16. The molecule has 0 spiro atoms. The van der Waals surface area contributed by atoms with Crippen molar-refractivity contribution in [3.8, 4) is 0 Å². The van der Waals surface area contributed by atoms with Crippen molar-refractivity contribution in [1.82, 2.24) is 0 Å². The lowest BCUT2D eigenvalue weighted by molar-refractivity contribution is -0.134. The summed E-state index contributed by atoms with van der Waals surface area (Å²) in [7, 11) is -1.74. The lowest BCUT2D eigenvalue weighted by Gasteiger charge is -2.32. The fourth-order valence-electron chi connectivity index (χ4n) is 1.34. The summed E-state index contributed by atoms with van der Waals surface area (Å²) in [6, 6.07) is 0. The highest BCUT2D eigenvalue weighted by Crippen LogP contribution is 2.20. The Morgan fingerprint density at radius 2 is 2.00 bits per heavy atom. The van der Waals surface area contributed by atoms with E-state index in [1.165, 1.54) is 6.08 Å². The molecular formula is C11H22O3Si. The molecule has 0 amide bonds. The van der Waals surface area contributed by atoms with Gasteiger partial charge in [0.25, 0.3) is 0 Å². The number of hydrogen-bond acceptors (Lipinski definition) is 3. The largest absolute Gasteiger partial charge is 0.406 e. The summed E-state index contributed by atoms with van der Waals surface area (Å²) < 4.78 is 5.78. The Balaban J connectivity index is 4.45. The summed E-state index contributed by atoms with van der Waals surface area (Å²) in [6.45, 7) is 13.0. The molecule has 0 aromatic heterocycles.